The molecule has 2 aliphatic rings. The number of hydrogen-bond donors (Lipinski definition) is 1. The van der Waals surface area contributed by atoms with Gasteiger partial charge in [-0.1, -0.05) is 25.1 Å². The average molecular weight is 277 g/mol. The molecule has 1 N–H and O–H groups in total. The SMILES string of the molecule is CCNC1CCOCC1CC1Cc2ccccc2S1. The second-order valence-corrected chi connectivity index (χ2v) is 6.92. The number of fused-ring (bicyclic) bond motifs is 1. The lowest BCUT2D eigenvalue weighted by Gasteiger charge is -2.33. The van der Waals surface area contributed by atoms with Crippen LogP contribution in [0.25, 0.3) is 0 Å². The lowest BCUT2D eigenvalue weighted by molar-refractivity contribution is 0.0292. The van der Waals surface area contributed by atoms with Crippen molar-refractivity contribution in [1.82, 2.24) is 5.32 Å². The number of rotatable bonds is 4. The summed E-state index contributed by atoms with van der Waals surface area (Å²) in [6.07, 6.45) is 3.68. The Morgan fingerprint density at radius 2 is 2.26 bits per heavy atom. The summed E-state index contributed by atoms with van der Waals surface area (Å²) in [5.41, 5.74) is 1.54. The number of hydrogen-bond acceptors (Lipinski definition) is 3. The summed E-state index contributed by atoms with van der Waals surface area (Å²) in [5.74, 6) is 0.681. The molecule has 0 radical (unpaired) electrons. The first-order chi connectivity index (χ1) is 9.36. The van der Waals surface area contributed by atoms with Crippen LogP contribution in [0.2, 0.25) is 0 Å². The predicted molar refractivity (Wildman–Crippen MR) is 80.8 cm³/mol. The highest BCUT2D eigenvalue weighted by molar-refractivity contribution is 8.00. The van der Waals surface area contributed by atoms with Crippen LogP contribution in [0.5, 0.6) is 0 Å². The number of thioether (sulfide) groups is 1. The van der Waals surface area contributed by atoms with E-state index in [1.807, 2.05) is 0 Å². The number of ether oxygens (including phenoxy) is 1. The van der Waals surface area contributed by atoms with Gasteiger partial charge in [0.15, 0.2) is 0 Å². The summed E-state index contributed by atoms with van der Waals surface area (Å²) >= 11 is 2.07. The maximum atomic E-state index is 5.70. The van der Waals surface area contributed by atoms with Crippen LogP contribution in [0.1, 0.15) is 25.3 Å². The third kappa shape index (κ3) is 3.15. The van der Waals surface area contributed by atoms with E-state index < -0.39 is 0 Å². The van der Waals surface area contributed by atoms with Crippen LogP contribution < -0.4 is 5.32 Å². The summed E-state index contributed by atoms with van der Waals surface area (Å²) in [5, 5.41) is 4.38. The molecule has 3 heteroatoms. The quantitative estimate of drug-likeness (QED) is 0.914. The normalized spacial score (nSPS) is 30.3. The van der Waals surface area contributed by atoms with Crippen molar-refractivity contribution in [2.75, 3.05) is 19.8 Å². The van der Waals surface area contributed by atoms with Gasteiger partial charge in [-0.2, -0.15) is 0 Å². The molecule has 0 bridgehead atoms. The first-order valence-corrected chi connectivity index (χ1v) is 8.30. The molecule has 1 aromatic rings. The molecule has 2 heterocycles. The molecule has 3 unspecified atom stereocenters. The fourth-order valence-corrected chi connectivity index (χ4v) is 4.71. The molecule has 3 rings (SSSR count). The molecular weight excluding hydrogens is 254 g/mol. The molecule has 1 aromatic carbocycles. The second-order valence-electron chi connectivity index (χ2n) is 5.58. The minimum atomic E-state index is 0.656. The van der Waals surface area contributed by atoms with Gasteiger partial charge in [0, 0.05) is 22.8 Å². The van der Waals surface area contributed by atoms with Gasteiger partial charge in [-0.25, -0.2) is 0 Å². The summed E-state index contributed by atoms with van der Waals surface area (Å²) in [6, 6.07) is 9.51. The highest BCUT2D eigenvalue weighted by Gasteiger charge is 2.30. The molecule has 0 saturated carbocycles. The molecule has 1 fully saturated rings. The highest BCUT2D eigenvalue weighted by Crippen LogP contribution is 2.40. The summed E-state index contributed by atoms with van der Waals surface area (Å²) in [7, 11) is 0. The lowest BCUT2D eigenvalue weighted by Crippen LogP contribution is -2.43. The third-order valence-corrected chi connectivity index (χ3v) is 5.56. The fourth-order valence-electron chi connectivity index (χ4n) is 3.28. The number of benzene rings is 1. The molecule has 2 nitrogen and oxygen atoms in total. The van der Waals surface area contributed by atoms with Crippen molar-refractivity contribution in [2.45, 2.75) is 42.4 Å². The van der Waals surface area contributed by atoms with Crippen LogP contribution in [0.15, 0.2) is 29.2 Å². The third-order valence-electron chi connectivity index (χ3n) is 4.22. The summed E-state index contributed by atoms with van der Waals surface area (Å²) in [4.78, 5) is 1.49. The fraction of sp³-hybridized carbons (Fsp3) is 0.625. The van der Waals surface area contributed by atoms with E-state index in [0.717, 1.165) is 25.0 Å². The van der Waals surface area contributed by atoms with Gasteiger partial charge >= 0.3 is 0 Å². The molecule has 0 aromatic heterocycles. The van der Waals surface area contributed by atoms with Crippen molar-refractivity contribution in [1.29, 1.82) is 0 Å². The van der Waals surface area contributed by atoms with E-state index in [1.54, 1.807) is 0 Å². The smallest absolute Gasteiger partial charge is 0.0509 e. The van der Waals surface area contributed by atoms with E-state index in [-0.39, 0.29) is 0 Å². The minimum Gasteiger partial charge on any atom is -0.381 e. The molecule has 0 amide bonds. The van der Waals surface area contributed by atoms with E-state index in [9.17, 15) is 0 Å². The molecular formula is C16H23NOS. The Labute approximate surface area is 120 Å². The second kappa shape index (κ2) is 6.29. The first kappa shape index (κ1) is 13.5. The molecule has 0 spiro atoms. The zero-order valence-corrected chi connectivity index (χ0v) is 12.4. The van der Waals surface area contributed by atoms with Gasteiger partial charge < -0.3 is 10.1 Å². The average Bonchev–Trinajstić information content (AvgIpc) is 2.83. The van der Waals surface area contributed by atoms with Crippen molar-refractivity contribution in [3.63, 3.8) is 0 Å². The van der Waals surface area contributed by atoms with Crippen LogP contribution in [0.4, 0.5) is 0 Å². The van der Waals surface area contributed by atoms with Gasteiger partial charge in [0.25, 0.3) is 0 Å². The Kier molecular flexibility index (Phi) is 4.46. The van der Waals surface area contributed by atoms with Gasteiger partial charge in [0.2, 0.25) is 0 Å². The monoisotopic (exact) mass is 277 g/mol. The Balaban J connectivity index is 1.60. The van der Waals surface area contributed by atoms with Crippen molar-refractivity contribution in [2.24, 2.45) is 5.92 Å². The van der Waals surface area contributed by atoms with Crippen LogP contribution >= 0.6 is 11.8 Å². The van der Waals surface area contributed by atoms with E-state index in [4.69, 9.17) is 4.74 Å². The van der Waals surface area contributed by atoms with Crippen LogP contribution in [-0.2, 0) is 11.2 Å². The maximum Gasteiger partial charge on any atom is 0.0509 e. The highest BCUT2D eigenvalue weighted by atomic mass is 32.2. The lowest BCUT2D eigenvalue weighted by atomic mass is 9.90. The maximum absolute atomic E-state index is 5.70. The van der Waals surface area contributed by atoms with Crippen molar-refractivity contribution in [3.8, 4) is 0 Å². The van der Waals surface area contributed by atoms with Crippen LogP contribution in [0.3, 0.4) is 0 Å². The Hall–Kier alpha value is -0.510. The standard InChI is InChI=1S/C16H23NOS/c1-2-17-15-7-8-18-11-13(15)10-14-9-12-5-3-4-6-16(12)19-14/h3-6,13-15,17H,2,7-11H2,1H3. The molecule has 2 aliphatic heterocycles. The first-order valence-electron chi connectivity index (χ1n) is 7.42. The summed E-state index contributed by atoms with van der Waals surface area (Å²) in [6.45, 7) is 5.13. The Morgan fingerprint density at radius 3 is 3.11 bits per heavy atom. The molecule has 0 aliphatic carbocycles. The van der Waals surface area contributed by atoms with E-state index in [0.29, 0.717) is 12.0 Å². The minimum absolute atomic E-state index is 0.656. The van der Waals surface area contributed by atoms with Gasteiger partial charge in [-0.3, -0.25) is 0 Å². The van der Waals surface area contributed by atoms with Crippen molar-refractivity contribution >= 4 is 11.8 Å². The zero-order chi connectivity index (χ0) is 13.1. The van der Waals surface area contributed by atoms with Crippen molar-refractivity contribution < 1.29 is 4.74 Å². The zero-order valence-electron chi connectivity index (χ0n) is 11.6. The van der Waals surface area contributed by atoms with Gasteiger partial charge in [-0.05, 0) is 43.4 Å². The van der Waals surface area contributed by atoms with Crippen LogP contribution in [-0.4, -0.2) is 31.1 Å². The molecule has 104 valence electrons. The Morgan fingerprint density at radius 1 is 1.37 bits per heavy atom. The van der Waals surface area contributed by atoms with E-state index >= 15 is 0 Å². The largest absolute Gasteiger partial charge is 0.381 e. The van der Waals surface area contributed by atoms with Gasteiger partial charge in [0.1, 0.15) is 0 Å². The molecule has 19 heavy (non-hydrogen) atoms. The molecule has 1 saturated heterocycles. The van der Waals surface area contributed by atoms with E-state index in [1.165, 1.54) is 29.7 Å². The summed E-state index contributed by atoms with van der Waals surface area (Å²) < 4.78 is 5.70. The number of nitrogens with one attached hydrogen (secondary N) is 1. The Bertz CT molecular complexity index is 396. The van der Waals surface area contributed by atoms with Crippen molar-refractivity contribution in [3.05, 3.63) is 29.8 Å². The van der Waals surface area contributed by atoms with Gasteiger partial charge in [0.05, 0.1) is 6.61 Å². The van der Waals surface area contributed by atoms with Crippen LogP contribution in [0, 0.1) is 5.92 Å². The topological polar surface area (TPSA) is 21.3 Å². The van der Waals surface area contributed by atoms with Gasteiger partial charge in [-0.15, -0.1) is 11.8 Å². The predicted octanol–water partition coefficient (Wildman–Crippen LogP) is 3.11. The molecule has 3 atom stereocenters. The van der Waals surface area contributed by atoms with E-state index in [2.05, 4.69) is 48.3 Å².